The summed E-state index contributed by atoms with van der Waals surface area (Å²) in [5, 5.41) is 9.26. The fourth-order valence-electron chi connectivity index (χ4n) is 2.15. The molecule has 1 aliphatic rings. The first-order valence-electron chi connectivity index (χ1n) is 6.18. The third-order valence-electron chi connectivity index (χ3n) is 3.13. The highest BCUT2D eigenvalue weighted by Gasteiger charge is 2.22. The van der Waals surface area contributed by atoms with Crippen LogP contribution in [0.1, 0.15) is 10.4 Å². The zero-order valence-corrected chi connectivity index (χ0v) is 11.5. The van der Waals surface area contributed by atoms with Crippen LogP contribution in [0.2, 0.25) is 5.02 Å². The molecule has 0 atom stereocenters. The maximum Gasteiger partial charge on any atom is 0.339 e. The molecule has 0 aliphatic carbocycles. The molecule has 0 bridgehead atoms. The van der Waals surface area contributed by atoms with Crippen LogP contribution in [0.3, 0.4) is 0 Å². The first kappa shape index (κ1) is 13.7. The molecule has 2 aromatic rings. The molecule has 1 aliphatic heterocycles. The minimum absolute atomic E-state index is 0.00245. The Morgan fingerprint density at radius 2 is 1.90 bits per heavy atom. The van der Waals surface area contributed by atoms with Crippen molar-refractivity contribution in [2.75, 3.05) is 13.2 Å². The second kappa shape index (κ2) is 5.26. The Morgan fingerprint density at radius 1 is 1.14 bits per heavy atom. The second-order valence-corrected chi connectivity index (χ2v) is 4.89. The zero-order chi connectivity index (χ0) is 15.0. The van der Waals surface area contributed by atoms with Crippen molar-refractivity contribution in [2.45, 2.75) is 0 Å². The van der Waals surface area contributed by atoms with Crippen LogP contribution in [0.25, 0.3) is 11.1 Å². The number of fused-ring (bicyclic) bond motifs is 1. The highest BCUT2D eigenvalue weighted by molar-refractivity contribution is 6.31. The normalized spacial score (nSPS) is 13.0. The number of carbonyl (C=O) groups is 1. The van der Waals surface area contributed by atoms with Gasteiger partial charge in [-0.15, -0.1) is 0 Å². The molecule has 1 heterocycles. The maximum absolute atomic E-state index is 13.2. The summed E-state index contributed by atoms with van der Waals surface area (Å²) in [5.41, 5.74) is 1.17. The van der Waals surface area contributed by atoms with Gasteiger partial charge in [-0.3, -0.25) is 0 Å². The molecule has 1 N–H and O–H groups in total. The summed E-state index contributed by atoms with van der Waals surface area (Å²) in [6, 6.07) is 7.31. The van der Waals surface area contributed by atoms with Crippen molar-refractivity contribution in [3.8, 4) is 22.6 Å². The monoisotopic (exact) mass is 308 g/mol. The summed E-state index contributed by atoms with van der Waals surface area (Å²) in [5.74, 6) is -1.08. The van der Waals surface area contributed by atoms with Crippen molar-refractivity contribution < 1.29 is 23.8 Å². The minimum Gasteiger partial charge on any atom is -0.486 e. The third kappa shape index (κ3) is 2.52. The zero-order valence-electron chi connectivity index (χ0n) is 10.7. The van der Waals surface area contributed by atoms with Gasteiger partial charge in [-0.05, 0) is 35.4 Å². The van der Waals surface area contributed by atoms with Gasteiger partial charge < -0.3 is 14.6 Å². The van der Waals surface area contributed by atoms with E-state index in [1.54, 1.807) is 6.07 Å². The lowest BCUT2D eigenvalue weighted by Gasteiger charge is -2.21. The molecule has 0 fully saturated rings. The Labute approximate surface area is 124 Å². The standard InChI is InChI=1S/C15H10ClFO4/c16-11-6-8(1-2-12(11)17)9-5-10(15(18)19)14-13(7-9)20-3-4-21-14/h1-2,5-7H,3-4H2,(H,18,19). The van der Waals surface area contributed by atoms with Crippen LogP contribution in [0.15, 0.2) is 30.3 Å². The molecular formula is C15H10ClFO4. The predicted octanol–water partition coefficient (Wildman–Crippen LogP) is 3.62. The van der Waals surface area contributed by atoms with E-state index in [-0.39, 0.29) is 16.3 Å². The van der Waals surface area contributed by atoms with Crippen LogP contribution in [0, 0.1) is 5.82 Å². The molecule has 4 nitrogen and oxygen atoms in total. The molecule has 0 aromatic heterocycles. The Hall–Kier alpha value is -2.27. The molecule has 0 saturated heterocycles. The van der Waals surface area contributed by atoms with Gasteiger partial charge in [-0.25, -0.2) is 9.18 Å². The first-order chi connectivity index (χ1) is 10.1. The Balaban J connectivity index is 2.16. The van der Waals surface area contributed by atoms with Gasteiger partial charge in [-0.2, -0.15) is 0 Å². The first-order valence-corrected chi connectivity index (χ1v) is 6.56. The predicted molar refractivity (Wildman–Crippen MR) is 74.8 cm³/mol. The van der Waals surface area contributed by atoms with Crippen molar-refractivity contribution >= 4 is 17.6 Å². The summed E-state index contributed by atoms with van der Waals surface area (Å²) in [7, 11) is 0. The molecule has 0 radical (unpaired) electrons. The number of carboxylic acids is 1. The Kier molecular flexibility index (Phi) is 3.43. The second-order valence-electron chi connectivity index (χ2n) is 4.48. The molecular weight excluding hydrogens is 299 g/mol. The molecule has 0 saturated carbocycles. The molecule has 0 unspecified atom stereocenters. The fourth-order valence-corrected chi connectivity index (χ4v) is 2.34. The van der Waals surface area contributed by atoms with Crippen LogP contribution in [0.4, 0.5) is 4.39 Å². The third-order valence-corrected chi connectivity index (χ3v) is 3.42. The number of hydrogen-bond donors (Lipinski definition) is 1. The molecule has 21 heavy (non-hydrogen) atoms. The van der Waals surface area contributed by atoms with Gasteiger partial charge in [0.1, 0.15) is 24.6 Å². The van der Waals surface area contributed by atoms with Gasteiger partial charge >= 0.3 is 5.97 Å². The van der Waals surface area contributed by atoms with E-state index in [1.807, 2.05) is 0 Å². The van der Waals surface area contributed by atoms with Crippen LogP contribution >= 0.6 is 11.6 Å². The summed E-state index contributed by atoms with van der Waals surface area (Å²) in [6.45, 7) is 0.648. The largest absolute Gasteiger partial charge is 0.486 e. The lowest BCUT2D eigenvalue weighted by Crippen LogP contribution is -2.18. The van der Waals surface area contributed by atoms with E-state index in [4.69, 9.17) is 21.1 Å². The van der Waals surface area contributed by atoms with Crippen LogP contribution in [-0.4, -0.2) is 24.3 Å². The molecule has 0 spiro atoms. The van der Waals surface area contributed by atoms with Crippen molar-refractivity contribution in [1.29, 1.82) is 0 Å². The van der Waals surface area contributed by atoms with E-state index >= 15 is 0 Å². The highest BCUT2D eigenvalue weighted by Crippen LogP contribution is 2.39. The van der Waals surface area contributed by atoms with Crippen molar-refractivity contribution in [3.63, 3.8) is 0 Å². The Morgan fingerprint density at radius 3 is 2.62 bits per heavy atom. The lowest BCUT2D eigenvalue weighted by molar-refractivity contribution is 0.0686. The van der Waals surface area contributed by atoms with Gasteiger partial charge in [0.05, 0.1) is 5.02 Å². The summed E-state index contributed by atoms with van der Waals surface area (Å²) >= 11 is 5.76. The van der Waals surface area contributed by atoms with Crippen LogP contribution < -0.4 is 9.47 Å². The van der Waals surface area contributed by atoms with E-state index in [1.165, 1.54) is 24.3 Å². The van der Waals surface area contributed by atoms with E-state index in [0.29, 0.717) is 30.1 Å². The average molecular weight is 309 g/mol. The smallest absolute Gasteiger partial charge is 0.339 e. The number of halogens is 2. The number of carboxylic acid groups (broad SMARTS) is 1. The van der Waals surface area contributed by atoms with E-state index in [2.05, 4.69) is 0 Å². The van der Waals surface area contributed by atoms with E-state index in [0.717, 1.165) is 0 Å². The molecule has 0 amide bonds. The SMILES string of the molecule is O=C(O)c1cc(-c2ccc(F)c(Cl)c2)cc2c1OCCO2. The number of ether oxygens (including phenoxy) is 2. The highest BCUT2D eigenvalue weighted by atomic mass is 35.5. The van der Waals surface area contributed by atoms with Crippen LogP contribution in [0.5, 0.6) is 11.5 Å². The molecule has 2 aromatic carbocycles. The van der Waals surface area contributed by atoms with Gasteiger partial charge in [-0.1, -0.05) is 17.7 Å². The summed E-state index contributed by atoms with van der Waals surface area (Å²) < 4.78 is 24.0. The summed E-state index contributed by atoms with van der Waals surface area (Å²) in [6.07, 6.45) is 0. The average Bonchev–Trinajstić information content (AvgIpc) is 2.48. The minimum atomic E-state index is -1.12. The quantitative estimate of drug-likeness (QED) is 0.920. The topological polar surface area (TPSA) is 55.8 Å². The van der Waals surface area contributed by atoms with E-state index < -0.39 is 11.8 Å². The van der Waals surface area contributed by atoms with Gasteiger partial charge in [0.25, 0.3) is 0 Å². The lowest BCUT2D eigenvalue weighted by atomic mass is 10.0. The number of hydrogen-bond acceptors (Lipinski definition) is 3. The van der Waals surface area contributed by atoms with Crippen molar-refractivity contribution in [2.24, 2.45) is 0 Å². The maximum atomic E-state index is 13.2. The molecule has 108 valence electrons. The number of benzene rings is 2. The van der Waals surface area contributed by atoms with Crippen molar-refractivity contribution in [3.05, 3.63) is 46.7 Å². The van der Waals surface area contributed by atoms with Gasteiger partial charge in [0.2, 0.25) is 0 Å². The number of aromatic carboxylic acids is 1. The summed E-state index contributed by atoms with van der Waals surface area (Å²) in [4.78, 5) is 11.4. The number of rotatable bonds is 2. The van der Waals surface area contributed by atoms with Crippen LogP contribution in [-0.2, 0) is 0 Å². The molecule has 6 heteroatoms. The van der Waals surface area contributed by atoms with Gasteiger partial charge in [0.15, 0.2) is 11.5 Å². The molecule has 3 rings (SSSR count). The Bertz CT molecular complexity index is 730. The van der Waals surface area contributed by atoms with E-state index in [9.17, 15) is 14.3 Å². The fraction of sp³-hybridized carbons (Fsp3) is 0.133. The van der Waals surface area contributed by atoms with Crippen molar-refractivity contribution in [1.82, 2.24) is 0 Å². The van der Waals surface area contributed by atoms with Gasteiger partial charge in [0, 0.05) is 0 Å².